The van der Waals surface area contributed by atoms with E-state index in [-0.39, 0.29) is 11.8 Å². The molecule has 2 rings (SSSR count). The van der Waals surface area contributed by atoms with Crippen LogP contribution in [0.5, 0.6) is 0 Å². The summed E-state index contributed by atoms with van der Waals surface area (Å²) in [7, 11) is 0. The molecule has 0 bridgehead atoms. The number of nitrogens with zero attached hydrogens (tertiary/aromatic N) is 3. The van der Waals surface area contributed by atoms with E-state index in [1.54, 1.807) is 17.1 Å². The Morgan fingerprint density at radius 1 is 1.59 bits per heavy atom. The van der Waals surface area contributed by atoms with Crippen LogP contribution in [0.4, 0.5) is 5.69 Å². The molecule has 90 valence electrons. The molecule has 1 aromatic rings. The molecule has 0 spiro atoms. The highest BCUT2D eigenvalue weighted by atomic mass is 16.2. The predicted octanol–water partition coefficient (Wildman–Crippen LogP) is 0.107. The summed E-state index contributed by atoms with van der Waals surface area (Å²) in [5.74, 6) is -0.471. The number of anilines is 1. The van der Waals surface area contributed by atoms with Crippen molar-refractivity contribution < 1.29 is 9.59 Å². The van der Waals surface area contributed by atoms with Crippen LogP contribution in [0.1, 0.15) is 19.8 Å². The molecule has 0 saturated carbocycles. The molecule has 0 aromatic carbocycles. The van der Waals surface area contributed by atoms with E-state index >= 15 is 0 Å². The lowest BCUT2D eigenvalue weighted by Gasteiger charge is -2.10. The third kappa shape index (κ3) is 2.68. The Morgan fingerprint density at radius 3 is 3.00 bits per heavy atom. The van der Waals surface area contributed by atoms with Gasteiger partial charge in [0.15, 0.2) is 0 Å². The van der Waals surface area contributed by atoms with Gasteiger partial charge in [0.05, 0.1) is 11.9 Å². The highest BCUT2D eigenvalue weighted by molar-refractivity contribution is 6.43. The van der Waals surface area contributed by atoms with Crippen LogP contribution in [-0.2, 0) is 16.1 Å². The van der Waals surface area contributed by atoms with Crippen molar-refractivity contribution in [2.45, 2.75) is 26.3 Å². The maximum atomic E-state index is 11.7. The summed E-state index contributed by atoms with van der Waals surface area (Å²) in [4.78, 5) is 22.6. The smallest absolute Gasteiger partial charge is 0.271 e. The fourth-order valence-electron chi connectivity index (χ4n) is 1.44. The van der Waals surface area contributed by atoms with Crippen LogP contribution in [0, 0.1) is 0 Å². The Hall–Kier alpha value is -2.18. The molecule has 1 aromatic heterocycles. The second kappa shape index (κ2) is 4.77. The summed E-state index contributed by atoms with van der Waals surface area (Å²) in [6.07, 6.45) is 3.96. The van der Waals surface area contributed by atoms with Crippen LogP contribution < -0.4 is 10.7 Å². The second-order valence-electron chi connectivity index (χ2n) is 3.63. The van der Waals surface area contributed by atoms with Crippen LogP contribution in [0.2, 0.25) is 0 Å². The molecule has 7 heteroatoms. The van der Waals surface area contributed by atoms with E-state index in [1.165, 1.54) is 0 Å². The Balaban J connectivity index is 1.99. The Kier molecular flexibility index (Phi) is 3.17. The monoisotopic (exact) mass is 235 g/mol. The van der Waals surface area contributed by atoms with Gasteiger partial charge in [0.1, 0.15) is 5.71 Å². The molecular weight excluding hydrogens is 222 g/mol. The highest BCUT2D eigenvalue weighted by Crippen LogP contribution is 2.07. The SMILES string of the molecule is CCn1cc(NC(=O)C2=NNC(=O)CC2)cn1. The number of hydrogen-bond acceptors (Lipinski definition) is 4. The summed E-state index contributed by atoms with van der Waals surface area (Å²) in [5, 5.41) is 10.4. The summed E-state index contributed by atoms with van der Waals surface area (Å²) in [6.45, 7) is 2.70. The van der Waals surface area contributed by atoms with E-state index in [1.807, 2.05) is 6.92 Å². The minimum Gasteiger partial charge on any atom is -0.318 e. The number of nitrogens with one attached hydrogen (secondary N) is 2. The first kappa shape index (κ1) is 11.3. The summed E-state index contributed by atoms with van der Waals surface area (Å²) in [6, 6.07) is 0. The molecule has 17 heavy (non-hydrogen) atoms. The largest absolute Gasteiger partial charge is 0.318 e. The molecule has 7 nitrogen and oxygen atoms in total. The summed E-state index contributed by atoms with van der Waals surface area (Å²) < 4.78 is 1.71. The molecule has 2 heterocycles. The molecule has 0 saturated heterocycles. The Morgan fingerprint density at radius 2 is 2.41 bits per heavy atom. The van der Waals surface area contributed by atoms with Gasteiger partial charge in [-0.15, -0.1) is 0 Å². The van der Waals surface area contributed by atoms with Crippen LogP contribution in [0.3, 0.4) is 0 Å². The van der Waals surface area contributed by atoms with Gasteiger partial charge < -0.3 is 5.32 Å². The van der Waals surface area contributed by atoms with Crippen molar-refractivity contribution in [2.24, 2.45) is 5.10 Å². The lowest BCUT2D eigenvalue weighted by atomic mass is 10.1. The first-order valence-corrected chi connectivity index (χ1v) is 5.38. The fraction of sp³-hybridized carbons (Fsp3) is 0.400. The zero-order chi connectivity index (χ0) is 12.3. The maximum absolute atomic E-state index is 11.7. The van der Waals surface area contributed by atoms with Gasteiger partial charge in [-0.1, -0.05) is 0 Å². The molecule has 1 aliphatic rings. The number of aromatic nitrogens is 2. The maximum Gasteiger partial charge on any atom is 0.271 e. The van der Waals surface area contributed by atoms with Crippen LogP contribution in [0.25, 0.3) is 0 Å². The predicted molar refractivity (Wildman–Crippen MR) is 61.3 cm³/mol. The third-order valence-electron chi connectivity index (χ3n) is 2.38. The van der Waals surface area contributed by atoms with Gasteiger partial charge in [-0.05, 0) is 6.92 Å². The number of hydrazone groups is 1. The average Bonchev–Trinajstić information content (AvgIpc) is 2.77. The molecule has 0 atom stereocenters. The number of hydrogen-bond donors (Lipinski definition) is 2. The summed E-state index contributed by atoms with van der Waals surface area (Å²) in [5.41, 5.74) is 3.23. The van der Waals surface area contributed by atoms with Gasteiger partial charge in [-0.25, -0.2) is 5.43 Å². The van der Waals surface area contributed by atoms with Crippen molar-refractivity contribution in [3.05, 3.63) is 12.4 Å². The van der Waals surface area contributed by atoms with Crippen molar-refractivity contribution in [1.82, 2.24) is 15.2 Å². The first-order valence-electron chi connectivity index (χ1n) is 5.38. The second-order valence-corrected chi connectivity index (χ2v) is 3.63. The van der Waals surface area contributed by atoms with Crippen LogP contribution in [0.15, 0.2) is 17.5 Å². The number of amides is 2. The van der Waals surface area contributed by atoms with Crippen LogP contribution in [-0.4, -0.2) is 27.3 Å². The van der Waals surface area contributed by atoms with Crippen molar-refractivity contribution in [2.75, 3.05) is 5.32 Å². The Bertz CT molecular complexity index is 477. The third-order valence-corrected chi connectivity index (χ3v) is 2.38. The standard InChI is InChI=1S/C10H13N5O2/c1-2-15-6-7(5-11-15)12-10(17)8-3-4-9(16)14-13-8/h5-6H,2-4H2,1H3,(H,12,17)(H,14,16). The number of aryl methyl sites for hydroxylation is 1. The normalized spacial score (nSPS) is 15.1. The number of carbonyl (C=O) groups is 2. The van der Waals surface area contributed by atoms with E-state index in [4.69, 9.17) is 0 Å². The molecule has 0 radical (unpaired) electrons. The van der Waals surface area contributed by atoms with Crippen molar-refractivity contribution in [3.8, 4) is 0 Å². The average molecular weight is 235 g/mol. The molecular formula is C10H13N5O2. The van der Waals surface area contributed by atoms with Crippen molar-refractivity contribution in [3.63, 3.8) is 0 Å². The zero-order valence-corrected chi connectivity index (χ0v) is 9.43. The van der Waals surface area contributed by atoms with E-state index in [0.717, 1.165) is 6.54 Å². The molecule has 0 unspecified atom stereocenters. The Labute approximate surface area is 97.9 Å². The quantitative estimate of drug-likeness (QED) is 0.779. The minimum absolute atomic E-state index is 0.166. The number of rotatable bonds is 3. The number of carbonyl (C=O) groups excluding carboxylic acids is 2. The summed E-state index contributed by atoms with van der Waals surface area (Å²) >= 11 is 0. The highest BCUT2D eigenvalue weighted by Gasteiger charge is 2.18. The van der Waals surface area contributed by atoms with Crippen molar-refractivity contribution in [1.29, 1.82) is 0 Å². The fourth-order valence-corrected chi connectivity index (χ4v) is 1.44. The van der Waals surface area contributed by atoms with Gasteiger partial charge >= 0.3 is 0 Å². The lowest BCUT2D eigenvalue weighted by molar-refractivity contribution is -0.121. The lowest BCUT2D eigenvalue weighted by Crippen LogP contribution is -2.32. The van der Waals surface area contributed by atoms with E-state index < -0.39 is 0 Å². The zero-order valence-electron chi connectivity index (χ0n) is 9.43. The molecule has 2 N–H and O–H groups in total. The van der Waals surface area contributed by atoms with Gasteiger partial charge in [0.2, 0.25) is 5.91 Å². The van der Waals surface area contributed by atoms with Gasteiger partial charge in [-0.3, -0.25) is 14.3 Å². The molecule has 0 fully saturated rings. The topological polar surface area (TPSA) is 88.4 Å². The van der Waals surface area contributed by atoms with E-state index in [0.29, 0.717) is 24.2 Å². The molecule has 1 aliphatic heterocycles. The van der Waals surface area contributed by atoms with E-state index in [2.05, 4.69) is 20.9 Å². The van der Waals surface area contributed by atoms with Crippen molar-refractivity contribution >= 4 is 23.2 Å². The van der Waals surface area contributed by atoms with E-state index in [9.17, 15) is 9.59 Å². The minimum atomic E-state index is -0.305. The first-order chi connectivity index (χ1) is 8.19. The van der Waals surface area contributed by atoms with Gasteiger partial charge in [-0.2, -0.15) is 10.2 Å². The van der Waals surface area contributed by atoms with Gasteiger partial charge in [0.25, 0.3) is 5.91 Å². The van der Waals surface area contributed by atoms with Crippen LogP contribution >= 0.6 is 0 Å². The molecule has 0 aliphatic carbocycles. The molecule has 2 amide bonds. The van der Waals surface area contributed by atoms with Gasteiger partial charge in [0, 0.05) is 25.6 Å².